The molecule has 1 aromatic carbocycles. The number of amides is 1. The standard InChI is InChI=1S/C19H23N3O3/c1-13-10-11-20-17(21-13)18(23)22-12-4-5-16(22)19(2,24)14-6-8-15(25-3)9-7-14/h6-11,16,24H,4-5,12H2,1-3H3. The fraction of sp³-hybridized carbons (Fsp3) is 0.421. The molecule has 0 aliphatic carbocycles. The zero-order valence-corrected chi connectivity index (χ0v) is 14.8. The van der Waals surface area contributed by atoms with Gasteiger partial charge in [-0.1, -0.05) is 12.1 Å². The van der Waals surface area contributed by atoms with Crippen LogP contribution in [0.3, 0.4) is 0 Å². The van der Waals surface area contributed by atoms with E-state index in [-0.39, 0.29) is 17.8 Å². The molecule has 1 aromatic heterocycles. The minimum Gasteiger partial charge on any atom is -0.497 e. The lowest BCUT2D eigenvalue weighted by atomic mass is 9.86. The Kier molecular flexibility index (Phi) is 4.72. The van der Waals surface area contributed by atoms with E-state index in [0.29, 0.717) is 6.54 Å². The molecule has 6 heteroatoms. The highest BCUT2D eigenvalue weighted by molar-refractivity contribution is 5.91. The lowest BCUT2D eigenvalue weighted by molar-refractivity contribution is -0.0181. The molecule has 2 atom stereocenters. The number of carbonyl (C=O) groups excluding carboxylic acids is 1. The van der Waals surface area contributed by atoms with Crippen molar-refractivity contribution in [3.63, 3.8) is 0 Å². The number of hydrogen-bond acceptors (Lipinski definition) is 5. The summed E-state index contributed by atoms with van der Waals surface area (Å²) in [4.78, 5) is 22.9. The molecular weight excluding hydrogens is 318 g/mol. The van der Waals surface area contributed by atoms with Gasteiger partial charge in [0.2, 0.25) is 5.82 Å². The van der Waals surface area contributed by atoms with Crippen LogP contribution in [0.1, 0.15) is 41.6 Å². The van der Waals surface area contributed by atoms with E-state index in [9.17, 15) is 9.90 Å². The van der Waals surface area contributed by atoms with E-state index < -0.39 is 5.60 Å². The lowest BCUT2D eigenvalue weighted by Crippen LogP contribution is -2.48. The van der Waals surface area contributed by atoms with Gasteiger partial charge in [-0.25, -0.2) is 9.97 Å². The van der Waals surface area contributed by atoms with Crippen LogP contribution in [0.2, 0.25) is 0 Å². The van der Waals surface area contributed by atoms with Gasteiger partial charge in [0.25, 0.3) is 5.91 Å². The maximum absolute atomic E-state index is 12.9. The van der Waals surface area contributed by atoms with Gasteiger partial charge in [0.05, 0.1) is 13.2 Å². The topological polar surface area (TPSA) is 75.6 Å². The number of likely N-dealkylation sites (tertiary alicyclic amines) is 1. The number of aromatic nitrogens is 2. The van der Waals surface area contributed by atoms with Crippen molar-refractivity contribution in [1.82, 2.24) is 14.9 Å². The molecular formula is C19H23N3O3. The normalized spacial score (nSPS) is 19.5. The van der Waals surface area contributed by atoms with Gasteiger partial charge in [-0.05, 0) is 50.5 Å². The molecule has 1 N–H and O–H groups in total. The summed E-state index contributed by atoms with van der Waals surface area (Å²) in [6.07, 6.45) is 3.16. The summed E-state index contributed by atoms with van der Waals surface area (Å²) in [7, 11) is 1.60. The fourth-order valence-corrected chi connectivity index (χ4v) is 3.40. The number of hydrogen-bond donors (Lipinski definition) is 1. The molecule has 2 heterocycles. The summed E-state index contributed by atoms with van der Waals surface area (Å²) >= 11 is 0. The van der Waals surface area contributed by atoms with Crippen molar-refractivity contribution in [1.29, 1.82) is 0 Å². The zero-order valence-electron chi connectivity index (χ0n) is 14.8. The highest BCUT2D eigenvalue weighted by atomic mass is 16.5. The minimum atomic E-state index is -1.16. The third-order valence-corrected chi connectivity index (χ3v) is 4.82. The summed E-state index contributed by atoms with van der Waals surface area (Å²) in [6, 6.07) is 8.73. The second-order valence-electron chi connectivity index (χ2n) is 6.55. The summed E-state index contributed by atoms with van der Waals surface area (Å²) in [5, 5.41) is 11.2. The average Bonchev–Trinajstić information content (AvgIpc) is 3.11. The maximum Gasteiger partial charge on any atom is 0.292 e. The van der Waals surface area contributed by atoms with Crippen molar-refractivity contribution in [3.05, 3.63) is 53.6 Å². The second-order valence-corrected chi connectivity index (χ2v) is 6.55. The first-order valence-electron chi connectivity index (χ1n) is 8.41. The summed E-state index contributed by atoms with van der Waals surface area (Å²) < 4.78 is 5.17. The number of methoxy groups -OCH3 is 1. The average molecular weight is 341 g/mol. The van der Waals surface area contributed by atoms with Crippen LogP contribution in [-0.4, -0.2) is 45.6 Å². The fourth-order valence-electron chi connectivity index (χ4n) is 3.40. The van der Waals surface area contributed by atoms with Gasteiger partial charge >= 0.3 is 0 Å². The van der Waals surface area contributed by atoms with E-state index in [0.717, 1.165) is 29.8 Å². The monoisotopic (exact) mass is 341 g/mol. The van der Waals surface area contributed by atoms with Gasteiger partial charge < -0.3 is 14.7 Å². The molecule has 2 aromatic rings. The summed E-state index contributed by atoms with van der Waals surface area (Å²) in [5.74, 6) is 0.671. The van der Waals surface area contributed by atoms with Crippen LogP contribution in [0.15, 0.2) is 36.5 Å². The van der Waals surface area contributed by atoms with E-state index in [2.05, 4.69) is 9.97 Å². The van der Waals surface area contributed by atoms with Crippen LogP contribution >= 0.6 is 0 Å². The third kappa shape index (κ3) is 3.35. The Morgan fingerprint density at radius 2 is 2.04 bits per heavy atom. The first-order chi connectivity index (χ1) is 11.9. The van der Waals surface area contributed by atoms with Gasteiger partial charge in [0.15, 0.2) is 0 Å². The highest BCUT2D eigenvalue weighted by Crippen LogP contribution is 2.35. The summed E-state index contributed by atoms with van der Waals surface area (Å²) in [6.45, 7) is 4.17. The molecule has 0 bridgehead atoms. The van der Waals surface area contributed by atoms with Gasteiger partial charge in [-0.3, -0.25) is 4.79 Å². The number of ether oxygens (including phenoxy) is 1. The second kappa shape index (κ2) is 6.80. The van der Waals surface area contributed by atoms with Crippen molar-refractivity contribution in [3.8, 4) is 5.75 Å². The maximum atomic E-state index is 12.9. The Hall–Kier alpha value is -2.47. The molecule has 6 nitrogen and oxygen atoms in total. The highest BCUT2D eigenvalue weighted by Gasteiger charge is 2.43. The first-order valence-corrected chi connectivity index (χ1v) is 8.41. The number of aryl methyl sites for hydroxylation is 1. The largest absolute Gasteiger partial charge is 0.497 e. The van der Waals surface area contributed by atoms with Gasteiger partial charge in [-0.2, -0.15) is 0 Å². The van der Waals surface area contributed by atoms with E-state index in [1.165, 1.54) is 0 Å². The van der Waals surface area contributed by atoms with Crippen molar-refractivity contribution in [2.45, 2.75) is 38.3 Å². The number of benzene rings is 1. The first kappa shape index (κ1) is 17.4. The quantitative estimate of drug-likeness (QED) is 0.923. The Morgan fingerprint density at radius 1 is 1.32 bits per heavy atom. The van der Waals surface area contributed by atoms with E-state index in [4.69, 9.17) is 4.74 Å². The Labute approximate surface area is 147 Å². The molecule has 132 valence electrons. The lowest BCUT2D eigenvalue weighted by Gasteiger charge is -2.36. The summed E-state index contributed by atoms with van der Waals surface area (Å²) in [5.41, 5.74) is 0.335. The number of carbonyl (C=O) groups is 1. The third-order valence-electron chi connectivity index (χ3n) is 4.82. The number of rotatable bonds is 4. The molecule has 0 radical (unpaired) electrons. The molecule has 3 rings (SSSR count). The number of aliphatic hydroxyl groups is 1. The Morgan fingerprint density at radius 3 is 2.68 bits per heavy atom. The Bertz CT molecular complexity index is 759. The van der Waals surface area contributed by atoms with Crippen molar-refractivity contribution < 1.29 is 14.6 Å². The van der Waals surface area contributed by atoms with E-state index in [1.807, 2.05) is 31.2 Å². The van der Waals surface area contributed by atoms with Crippen molar-refractivity contribution in [2.75, 3.05) is 13.7 Å². The molecule has 1 aliphatic rings. The van der Waals surface area contributed by atoms with E-state index >= 15 is 0 Å². The predicted molar refractivity (Wildman–Crippen MR) is 93.4 cm³/mol. The van der Waals surface area contributed by atoms with Crippen molar-refractivity contribution >= 4 is 5.91 Å². The van der Waals surface area contributed by atoms with Crippen LogP contribution in [0, 0.1) is 6.92 Å². The van der Waals surface area contributed by atoms with Gasteiger partial charge in [0.1, 0.15) is 11.4 Å². The molecule has 0 saturated carbocycles. The van der Waals surface area contributed by atoms with Gasteiger partial charge in [-0.15, -0.1) is 0 Å². The molecule has 1 saturated heterocycles. The van der Waals surface area contributed by atoms with E-state index in [1.54, 1.807) is 31.2 Å². The Balaban J connectivity index is 1.87. The van der Waals surface area contributed by atoms with Crippen LogP contribution < -0.4 is 4.74 Å². The van der Waals surface area contributed by atoms with Crippen molar-refractivity contribution in [2.24, 2.45) is 0 Å². The predicted octanol–water partition coefficient (Wildman–Crippen LogP) is 2.31. The molecule has 1 aliphatic heterocycles. The number of nitrogens with zero attached hydrogens (tertiary/aromatic N) is 3. The molecule has 25 heavy (non-hydrogen) atoms. The minimum absolute atomic E-state index is 0.178. The molecule has 2 unspecified atom stereocenters. The van der Waals surface area contributed by atoms with Crippen LogP contribution in [-0.2, 0) is 5.60 Å². The van der Waals surface area contributed by atoms with Crippen LogP contribution in [0.4, 0.5) is 0 Å². The van der Waals surface area contributed by atoms with Gasteiger partial charge in [0, 0.05) is 18.4 Å². The molecule has 1 fully saturated rings. The zero-order chi connectivity index (χ0) is 18.0. The molecule has 1 amide bonds. The SMILES string of the molecule is COc1ccc(C(C)(O)C2CCCN2C(=O)c2nccc(C)n2)cc1. The molecule has 0 spiro atoms. The van der Waals surface area contributed by atoms with Crippen LogP contribution in [0.25, 0.3) is 0 Å². The van der Waals surface area contributed by atoms with Crippen LogP contribution in [0.5, 0.6) is 5.75 Å². The smallest absolute Gasteiger partial charge is 0.292 e.